The Kier molecular flexibility index (Phi) is 3.28. The number of methoxy groups -OCH3 is 1. The number of anilines is 1. The molecule has 0 spiro atoms. The van der Waals surface area contributed by atoms with Gasteiger partial charge in [0.05, 0.1) is 31.6 Å². The van der Waals surface area contributed by atoms with Crippen molar-refractivity contribution in [1.29, 1.82) is 5.26 Å². The Labute approximate surface area is 95.0 Å². The molecule has 1 fully saturated rings. The Morgan fingerprint density at radius 1 is 1.38 bits per heavy atom. The first-order valence-electron chi connectivity index (χ1n) is 5.26. The van der Waals surface area contributed by atoms with Gasteiger partial charge in [-0.3, -0.25) is 0 Å². The molecule has 0 unspecified atom stereocenters. The number of nitrogens with zero attached hydrogens (tertiary/aromatic N) is 2. The van der Waals surface area contributed by atoms with Crippen LogP contribution in [0.3, 0.4) is 0 Å². The number of ether oxygens (including phenoxy) is 2. The van der Waals surface area contributed by atoms with E-state index in [1.807, 2.05) is 12.1 Å². The van der Waals surface area contributed by atoms with Crippen LogP contribution in [-0.2, 0) is 4.74 Å². The van der Waals surface area contributed by atoms with Gasteiger partial charge in [0.15, 0.2) is 0 Å². The molecule has 1 aromatic carbocycles. The van der Waals surface area contributed by atoms with Crippen molar-refractivity contribution in [2.24, 2.45) is 0 Å². The molecular formula is C12H14N2O2. The van der Waals surface area contributed by atoms with Crippen LogP contribution in [0.5, 0.6) is 5.75 Å². The van der Waals surface area contributed by atoms with E-state index < -0.39 is 0 Å². The zero-order chi connectivity index (χ0) is 11.4. The molecule has 0 bridgehead atoms. The van der Waals surface area contributed by atoms with Crippen LogP contribution in [0.4, 0.5) is 5.69 Å². The third kappa shape index (κ3) is 2.10. The summed E-state index contributed by atoms with van der Waals surface area (Å²) in [6.45, 7) is 3.06. The lowest BCUT2D eigenvalue weighted by Crippen LogP contribution is -2.36. The SMILES string of the molecule is COc1ccc(C#N)c(N2CCOCC2)c1. The second-order valence-corrected chi connectivity index (χ2v) is 3.59. The second-order valence-electron chi connectivity index (χ2n) is 3.59. The van der Waals surface area contributed by atoms with Gasteiger partial charge in [0.2, 0.25) is 0 Å². The molecule has 4 heteroatoms. The molecular weight excluding hydrogens is 204 g/mol. The molecule has 0 radical (unpaired) electrons. The number of hydrogen-bond donors (Lipinski definition) is 0. The van der Waals surface area contributed by atoms with E-state index in [4.69, 9.17) is 14.7 Å². The van der Waals surface area contributed by atoms with E-state index in [9.17, 15) is 0 Å². The highest BCUT2D eigenvalue weighted by Gasteiger charge is 2.15. The molecule has 0 aromatic heterocycles. The maximum atomic E-state index is 9.06. The average Bonchev–Trinajstić information content (AvgIpc) is 2.39. The highest BCUT2D eigenvalue weighted by Crippen LogP contribution is 2.26. The average molecular weight is 218 g/mol. The molecule has 1 aliphatic heterocycles. The number of nitriles is 1. The molecule has 0 aliphatic carbocycles. The van der Waals surface area contributed by atoms with Crippen LogP contribution in [0.2, 0.25) is 0 Å². The van der Waals surface area contributed by atoms with Crippen molar-refractivity contribution in [3.8, 4) is 11.8 Å². The zero-order valence-corrected chi connectivity index (χ0v) is 9.27. The van der Waals surface area contributed by atoms with E-state index >= 15 is 0 Å². The van der Waals surface area contributed by atoms with E-state index in [1.165, 1.54) is 0 Å². The summed E-state index contributed by atoms with van der Waals surface area (Å²) in [6.07, 6.45) is 0. The van der Waals surface area contributed by atoms with Gasteiger partial charge in [0.25, 0.3) is 0 Å². The highest BCUT2D eigenvalue weighted by atomic mass is 16.5. The third-order valence-electron chi connectivity index (χ3n) is 2.68. The Hall–Kier alpha value is -1.73. The van der Waals surface area contributed by atoms with E-state index in [0.717, 1.165) is 24.5 Å². The van der Waals surface area contributed by atoms with Crippen LogP contribution in [0.15, 0.2) is 18.2 Å². The molecule has 16 heavy (non-hydrogen) atoms. The largest absolute Gasteiger partial charge is 0.497 e. The topological polar surface area (TPSA) is 45.5 Å². The fourth-order valence-electron chi connectivity index (χ4n) is 1.80. The van der Waals surface area contributed by atoms with E-state index in [2.05, 4.69) is 11.0 Å². The fraction of sp³-hybridized carbons (Fsp3) is 0.417. The Morgan fingerprint density at radius 3 is 2.75 bits per heavy atom. The van der Waals surface area contributed by atoms with Gasteiger partial charge in [0.1, 0.15) is 11.8 Å². The second kappa shape index (κ2) is 4.86. The Balaban J connectivity index is 2.32. The molecule has 1 aromatic rings. The van der Waals surface area contributed by atoms with Crippen molar-refractivity contribution in [3.05, 3.63) is 23.8 Å². The maximum Gasteiger partial charge on any atom is 0.121 e. The Morgan fingerprint density at radius 2 is 2.12 bits per heavy atom. The molecule has 2 rings (SSSR count). The van der Waals surface area contributed by atoms with Gasteiger partial charge >= 0.3 is 0 Å². The van der Waals surface area contributed by atoms with Crippen molar-refractivity contribution in [2.75, 3.05) is 38.3 Å². The summed E-state index contributed by atoms with van der Waals surface area (Å²) in [5.74, 6) is 0.778. The lowest BCUT2D eigenvalue weighted by atomic mass is 10.1. The van der Waals surface area contributed by atoms with Crippen molar-refractivity contribution in [1.82, 2.24) is 0 Å². The van der Waals surface area contributed by atoms with Crippen molar-refractivity contribution >= 4 is 5.69 Å². The third-order valence-corrected chi connectivity index (χ3v) is 2.68. The number of rotatable bonds is 2. The highest BCUT2D eigenvalue weighted by molar-refractivity contribution is 5.62. The van der Waals surface area contributed by atoms with Crippen LogP contribution in [0, 0.1) is 11.3 Å². The minimum atomic E-state index is 0.683. The molecule has 84 valence electrons. The van der Waals surface area contributed by atoms with Gasteiger partial charge in [-0.25, -0.2) is 0 Å². The molecule has 1 aliphatic rings. The van der Waals surface area contributed by atoms with E-state index in [0.29, 0.717) is 18.8 Å². The van der Waals surface area contributed by atoms with E-state index in [-0.39, 0.29) is 0 Å². The molecule has 0 saturated carbocycles. The summed E-state index contributed by atoms with van der Waals surface area (Å²) in [4.78, 5) is 2.16. The van der Waals surface area contributed by atoms with Gasteiger partial charge in [-0.05, 0) is 12.1 Å². The summed E-state index contributed by atoms with van der Waals surface area (Å²) >= 11 is 0. The fourth-order valence-corrected chi connectivity index (χ4v) is 1.80. The molecule has 1 heterocycles. The lowest BCUT2D eigenvalue weighted by molar-refractivity contribution is 0.122. The van der Waals surface area contributed by atoms with Crippen LogP contribution >= 0.6 is 0 Å². The summed E-state index contributed by atoms with van der Waals surface area (Å²) < 4.78 is 10.5. The molecule has 4 nitrogen and oxygen atoms in total. The lowest BCUT2D eigenvalue weighted by Gasteiger charge is -2.29. The van der Waals surface area contributed by atoms with Crippen LogP contribution < -0.4 is 9.64 Å². The van der Waals surface area contributed by atoms with Crippen LogP contribution in [-0.4, -0.2) is 33.4 Å². The summed E-state index contributed by atoms with van der Waals surface area (Å²) in [5, 5.41) is 9.06. The quantitative estimate of drug-likeness (QED) is 0.752. The first kappa shape index (κ1) is 10.8. The minimum Gasteiger partial charge on any atom is -0.497 e. The zero-order valence-electron chi connectivity index (χ0n) is 9.27. The van der Waals surface area contributed by atoms with Crippen molar-refractivity contribution < 1.29 is 9.47 Å². The van der Waals surface area contributed by atoms with Crippen molar-refractivity contribution in [3.63, 3.8) is 0 Å². The Bertz CT molecular complexity index is 406. The van der Waals surface area contributed by atoms with Gasteiger partial charge in [-0.2, -0.15) is 5.26 Å². The predicted molar refractivity (Wildman–Crippen MR) is 60.7 cm³/mol. The first-order chi connectivity index (χ1) is 7.85. The molecule has 0 atom stereocenters. The molecule has 1 saturated heterocycles. The van der Waals surface area contributed by atoms with Crippen molar-refractivity contribution in [2.45, 2.75) is 0 Å². The monoisotopic (exact) mass is 218 g/mol. The van der Waals surface area contributed by atoms with Gasteiger partial charge in [-0.15, -0.1) is 0 Å². The normalized spacial score (nSPS) is 15.6. The minimum absolute atomic E-state index is 0.683. The summed E-state index contributed by atoms with van der Waals surface area (Å²) in [6, 6.07) is 7.72. The predicted octanol–water partition coefficient (Wildman–Crippen LogP) is 1.40. The first-order valence-corrected chi connectivity index (χ1v) is 5.26. The number of hydrogen-bond acceptors (Lipinski definition) is 4. The summed E-state index contributed by atoms with van der Waals surface area (Å²) in [5.41, 5.74) is 1.62. The number of morpholine rings is 1. The van der Waals surface area contributed by atoms with Gasteiger partial charge in [0, 0.05) is 19.2 Å². The molecule has 0 amide bonds. The maximum absolute atomic E-state index is 9.06. The van der Waals surface area contributed by atoms with Gasteiger partial charge < -0.3 is 14.4 Å². The van der Waals surface area contributed by atoms with Crippen LogP contribution in [0.25, 0.3) is 0 Å². The standard InChI is InChI=1S/C12H14N2O2/c1-15-11-3-2-10(9-13)12(8-11)14-4-6-16-7-5-14/h2-3,8H,4-7H2,1H3. The number of benzene rings is 1. The van der Waals surface area contributed by atoms with E-state index in [1.54, 1.807) is 13.2 Å². The molecule has 0 N–H and O–H groups in total. The summed E-state index contributed by atoms with van der Waals surface area (Å²) in [7, 11) is 1.63. The van der Waals surface area contributed by atoms with Crippen LogP contribution in [0.1, 0.15) is 5.56 Å². The van der Waals surface area contributed by atoms with Gasteiger partial charge in [-0.1, -0.05) is 0 Å². The smallest absolute Gasteiger partial charge is 0.121 e.